The highest BCUT2D eigenvalue weighted by atomic mass is 16.5. The molecular formula is C12H23NO4. The van der Waals surface area contributed by atoms with Gasteiger partial charge in [-0.15, -0.1) is 0 Å². The van der Waals surface area contributed by atoms with Crippen LogP contribution >= 0.6 is 0 Å². The zero-order chi connectivity index (χ0) is 12.7. The summed E-state index contributed by atoms with van der Waals surface area (Å²) >= 11 is 0. The SMILES string of the molecule is CNC(C)(CCCCOC1CCOC1)C(=O)O. The molecule has 1 fully saturated rings. The maximum absolute atomic E-state index is 11.0. The van der Waals surface area contributed by atoms with Crippen molar-refractivity contribution in [3.63, 3.8) is 0 Å². The summed E-state index contributed by atoms with van der Waals surface area (Å²) in [6.45, 7) is 3.89. The van der Waals surface area contributed by atoms with Gasteiger partial charge in [0, 0.05) is 13.2 Å². The van der Waals surface area contributed by atoms with Crippen LogP contribution in [0.15, 0.2) is 0 Å². The number of carbonyl (C=O) groups is 1. The van der Waals surface area contributed by atoms with Crippen molar-refractivity contribution in [3.05, 3.63) is 0 Å². The first-order chi connectivity index (χ1) is 8.08. The minimum absolute atomic E-state index is 0.241. The van der Waals surface area contributed by atoms with Gasteiger partial charge >= 0.3 is 5.97 Å². The number of unbranched alkanes of at least 4 members (excludes halogenated alkanes) is 1. The van der Waals surface area contributed by atoms with E-state index in [9.17, 15) is 4.79 Å². The summed E-state index contributed by atoms with van der Waals surface area (Å²) in [6, 6.07) is 0. The van der Waals surface area contributed by atoms with Crippen molar-refractivity contribution in [2.75, 3.05) is 26.9 Å². The second kappa shape index (κ2) is 6.93. The van der Waals surface area contributed by atoms with Crippen molar-refractivity contribution < 1.29 is 19.4 Å². The smallest absolute Gasteiger partial charge is 0.323 e. The summed E-state index contributed by atoms with van der Waals surface area (Å²) in [5.41, 5.74) is -0.823. The first-order valence-corrected chi connectivity index (χ1v) is 6.20. The third kappa shape index (κ3) is 4.61. The lowest BCUT2D eigenvalue weighted by Gasteiger charge is -2.24. The molecule has 100 valence electrons. The lowest BCUT2D eigenvalue weighted by Crippen LogP contribution is -2.47. The molecule has 0 saturated carbocycles. The first-order valence-electron chi connectivity index (χ1n) is 6.20. The van der Waals surface area contributed by atoms with Gasteiger partial charge in [0.05, 0.1) is 12.7 Å². The molecule has 2 unspecified atom stereocenters. The minimum atomic E-state index is -0.823. The van der Waals surface area contributed by atoms with E-state index in [4.69, 9.17) is 14.6 Å². The number of hydrogen-bond acceptors (Lipinski definition) is 4. The van der Waals surface area contributed by atoms with Gasteiger partial charge in [0.25, 0.3) is 0 Å². The van der Waals surface area contributed by atoms with Crippen LogP contribution in [0.2, 0.25) is 0 Å². The number of hydrogen-bond donors (Lipinski definition) is 2. The van der Waals surface area contributed by atoms with Crippen molar-refractivity contribution in [2.45, 2.75) is 44.2 Å². The molecule has 0 spiro atoms. The molecule has 0 amide bonds. The Kier molecular flexibility index (Phi) is 5.88. The number of carboxylic acids is 1. The van der Waals surface area contributed by atoms with Gasteiger partial charge in [-0.3, -0.25) is 4.79 Å². The third-order valence-electron chi connectivity index (χ3n) is 3.34. The van der Waals surface area contributed by atoms with Gasteiger partial charge in [-0.1, -0.05) is 0 Å². The van der Waals surface area contributed by atoms with Crippen molar-refractivity contribution >= 4 is 5.97 Å². The number of carboxylic acid groups (broad SMARTS) is 1. The molecule has 5 nitrogen and oxygen atoms in total. The third-order valence-corrected chi connectivity index (χ3v) is 3.34. The Balaban J connectivity index is 2.08. The van der Waals surface area contributed by atoms with Gasteiger partial charge in [-0.2, -0.15) is 0 Å². The van der Waals surface area contributed by atoms with Gasteiger partial charge in [-0.25, -0.2) is 0 Å². The average molecular weight is 245 g/mol. The molecule has 0 aromatic heterocycles. The summed E-state index contributed by atoms with van der Waals surface area (Å²) in [7, 11) is 1.68. The topological polar surface area (TPSA) is 67.8 Å². The number of ether oxygens (including phenoxy) is 2. The quantitative estimate of drug-likeness (QED) is 0.625. The second-order valence-corrected chi connectivity index (χ2v) is 4.70. The second-order valence-electron chi connectivity index (χ2n) is 4.70. The van der Waals surface area contributed by atoms with E-state index in [2.05, 4.69) is 5.32 Å². The molecule has 1 aliphatic rings. The Morgan fingerprint density at radius 2 is 2.35 bits per heavy atom. The maximum atomic E-state index is 11.0. The lowest BCUT2D eigenvalue weighted by atomic mass is 9.95. The van der Waals surface area contributed by atoms with Crippen LogP contribution < -0.4 is 5.32 Å². The molecule has 0 aromatic carbocycles. The minimum Gasteiger partial charge on any atom is -0.480 e. The molecule has 5 heteroatoms. The van der Waals surface area contributed by atoms with E-state index in [1.807, 2.05) is 0 Å². The number of nitrogens with one attached hydrogen (secondary N) is 1. The molecule has 0 bridgehead atoms. The van der Waals surface area contributed by atoms with E-state index in [0.717, 1.165) is 25.9 Å². The van der Waals surface area contributed by atoms with E-state index >= 15 is 0 Å². The predicted octanol–water partition coefficient (Wildman–Crippen LogP) is 1.02. The Bertz CT molecular complexity index is 241. The molecule has 1 aliphatic heterocycles. The van der Waals surface area contributed by atoms with Crippen LogP contribution in [0.4, 0.5) is 0 Å². The van der Waals surface area contributed by atoms with Gasteiger partial charge in [-0.05, 0) is 39.7 Å². The molecule has 0 radical (unpaired) electrons. The van der Waals surface area contributed by atoms with Crippen molar-refractivity contribution in [2.24, 2.45) is 0 Å². The average Bonchev–Trinajstić information content (AvgIpc) is 2.81. The molecule has 1 heterocycles. The van der Waals surface area contributed by atoms with Gasteiger partial charge in [0.15, 0.2) is 0 Å². The molecule has 1 saturated heterocycles. The summed E-state index contributed by atoms with van der Waals surface area (Å²) in [5.74, 6) is -0.801. The number of aliphatic carboxylic acids is 1. The van der Waals surface area contributed by atoms with E-state index in [1.165, 1.54) is 0 Å². The standard InChI is InChI=1S/C12H23NO4/c1-12(13-2,11(14)15)6-3-4-7-17-10-5-8-16-9-10/h10,13H,3-9H2,1-2H3,(H,14,15). The highest BCUT2D eigenvalue weighted by Gasteiger charge is 2.30. The van der Waals surface area contributed by atoms with E-state index < -0.39 is 11.5 Å². The fraction of sp³-hybridized carbons (Fsp3) is 0.917. The zero-order valence-corrected chi connectivity index (χ0v) is 10.7. The molecular weight excluding hydrogens is 222 g/mol. The molecule has 1 rings (SSSR count). The normalized spacial score (nSPS) is 23.5. The molecule has 2 atom stereocenters. The number of rotatable bonds is 8. The van der Waals surface area contributed by atoms with E-state index in [1.54, 1.807) is 14.0 Å². The summed E-state index contributed by atoms with van der Waals surface area (Å²) < 4.78 is 10.8. The van der Waals surface area contributed by atoms with E-state index in [0.29, 0.717) is 19.6 Å². The molecule has 17 heavy (non-hydrogen) atoms. The maximum Gasteiger partial charge on any atom is 0.323 e. The fourth-order valence-electron chi connectivity index (χ4n) is 1.81. The van der Waals surface area contributed by atoms with Crippen molar-refractivity contribution in [3.8, 4) is 0 Å². The summed E-state index contributed by atoms with van der Waals surface area (Å²) in [6.07, 6.45) is 3.57. The van der Waals surface area contributed by atoms with Gasteiger partial charge in [0.2, 0.25) is 0 Å². The lowest BCUT2D eigenvalue weighted by molar-refractivity contribution is -0.144. The molecule has 2 N–H and O–H groups in total. The van der Waals surface area contributed by atoms with Crippen molar-refractivity contribution in [1.82, 2.24) is 5.32 Å². The molecule has 0 aromatic rings. The van der Waals surface area contributed by atoms with E-state index in [-0.39, 0.29) is 6.10 Å². The summed E-state index contributed by atoms with van der Waals surface area (Å²) in [4.78, 5) is 11.0. The van der Waals surface area contributed by atoms with Crippen LogP contribution in [0, 0.1) is 0 Å². The fourth-order valence-corrected chi connectivity index (χ4v) is 1.81. The predicted molar refractivity (Wildman–Crippen MR) is 64.1 cm³/mol. The van der Waals surface area contributed by atoms with Gasteiger partial charge < -0.3 is 19.9 Å². The largest absolute Gasteiger partial charge is 0.480 e. The monoisotopic (exact) mass is 245 g/mol. The zero-order valence-electron chi connectivity index (χ0n) is 10.7. The van der Waals surface area contributed by atoms with Crippen LogP contribution in [0.25, 0.3) is 0 Å². The highest BCUT2D eigenvalue weighted by molar-refractivity contribution is 5.78. The van der Waals surface area contributed by atoms with Crippen LogP contribution in [0.5, 0.6) is 0 Å². The number of likely N-dealkylation sites (N-methyl/N-ethyl adjacent to an activating group) is 1. The Labute approximate surface area is 102 Å². The Morgan fingerprint density at radius 1 is 1.59 bits per heavy atom. The van der Waals surface area contributed by atoms with Gasteiger partial charge in [0.1, 0.15) is 5.54 Å². The van der Waals surface area contributed by atoms with Crippen LogP contribution in [-0.4, -0.2) is 49.6 Å². The Morgan fingerprint density at radius 3 is 2.88 bits per heavy atom. The van der Waals surface area contributed by atoms with Crippen LogP contribution in [0.3, 0.4) is 0 Å². The van der Waals surface area contributed by atoms with Crippen LogP contribution in [-0.2, 0) is 14.3 Å². The van der Waals surface area contributed by atoms with Crippen molar-refractivity contribution in [1.29, 1.82) is 0 Å². The summed E-state index contributed by atoms with van der Waals surface area (Å²) in [5, 5.41) is 11.9. The highest BCUT2D eigenvalue weighted by Crippen LogP contribution is 2.14. The Hall–Kier alpha value is -0.650. The first kappa shape index (κ1) is 14.4. The molecule has 0 aliphatic carbocycles. The van der Waals surface area contributed by atoms with Crippen LogP contribution in [0.1, 0.15) is 32.6 Å².